The summed E-state index contributed by atoms with van der Waals surface area (Å²) in [5.74, 6) is 1.76. The van der Waals surface area contributed by atoms with Gasteiger partial charge in [-0.3, -0.25) is 10.1 Å². The fourth-order valence-electron chi connectivity index (χ4n) is 5.68. The van der Waals surface area contributed by atoms with E-state index in [1.807, 2.05) is 60.7 Å². The molecule has 5 aromatic carbocycles. The lowest BCUT2D eigenvalue weighted by molar-refractivity contribution is -0.145. The molecule has 0 amide bonds. The smallest absolute Gasteiger partial charge is 0.306 e. The zero-order valence-electron chi connectivity index (χ0n) is 26.5. The molecular formula is C40H41NO5. The lowest BCUT2D eigenvalue weighted by Crippen LogP contribution is -2.44. The third-order valence-corrected chi connectivity index (χ3v) is 8.02. The number of methoxy groups -OCH3 is 2. The van der Waals surface area contributed by atoms with Crippen LogP contribution in [0.1, 0.15) is 47.1 Å². The number of benzene rings is 5. The second-order valence-corrected chi connectivity index (χ2v) is 11.0. The third-order valence-electron chi connectivity index (χ3n) is 8.02. The van der Waals surface area contributed by atoms with Gasteiger partial charge in [0.2, 0.25) is 0 Å². The van der Waals surface area contributed by atoms with Gasteiger partial charge in [0.25, 0.3) is 0 Å². The van der Waals surface area contributed by atoms with Crippen LogP contribution >= 0.6 is 0 Å². The van der Waals surface area contributed by atoms with Crippen LogP contribution in [0.15, 0.2) is 133 Å². The molecule has 0 radical (unpaired) electrons. The molecule has 0 saturated carbocycles. The first-order valence-electron chi connectivity index (χ1n) is 15.6. The number of esters is 1. The summed E-state index contributed by atoms with van der Waals surface area (Å²) >= 11 is 0. The highest BCUT2D eigenvalue weighted by molar-refractivity contribution is 5.69. The van der Waals surface area contributed by atoms with Crippen molar-refractivity contribution in [3.63, 3.8) is 0 Å². The maximum Gasteiger partial charge on any atom is 0.306 e. The number of carbonyl (C=O) groups is 1. The Morgan fingerprint density at radius 2 is 1.13 bits per heavy atom. The van der Waals surface area contributed by atoms with Gasteiger partial charge in [0.15, 0.2) is 0 Å². The molecule has 0 spiro atoms. The standard InChI is InChI=1S/C40H41NO5/c1-43-37-27-35(45-26-16-15-25-39(42)46-30-31-17-7-3-8-18-31)28-38(44-2)36(37)29-41-40(32-19-9-4-10-20-32,33-21-11-5-12-22-33)34-23-13-6-14-24-34/h3-14,17-24,27-28,41H,15-16,25-26,29-30H2,1-2H3. The van der Waals surface area contributed by atoms with Gasteiger partial charge in [-0.05, 0) is 35.1 Å². The lowest BCUT2D eigenvalue weighted by atomic mass is 9.77. The van der Waals surface area contributed by atoms with Crippen molar-refractivity contribution in [3.8, 4) is 17.2 Å². The van der Waals surface area contributed by atoms with Crippen LogP contribution in [0.5, 0.6) is 17.2 Å². The van der Waals surface area contributed by atoms with Gasteiger partial charge in [0.1, 0.15) is 23.9 Å². The number of unbranched alkanes of at least 4 members (excludes halogenated alkanes) is 1. The molecule has 5 aromatic rings. The van der Waals surface area contributed by atoms with Crippen molar-refractivity contribution >= 4 is 5.97 Å². The monoisotopic (exact) mass is 615 g/mol. The van der Waals surface area contributed by atoms with Crippen LogP contribution in [-0.2, 0) is 28.2 Å². The van der Waals surface area contributed by atoms with E-state index in [0.29, 0.717) is 56.3 Å². The summed E-state index contributed by atoms with van der Waals surface area (Å²) in [4.78, 5) is 12.2. The predicted octanol–water partition coefficient (Wildman–Crippen LogP) is 8.08. The van der Waals surface area contributed by atoms with Crippen molar-refractivity contribution in [2.75, 3.05) is 20.8 Å². The summed E-state index contributed by atoms with van der Waals surface area (Å²) in [6.45, 7) is 1.20. The topological polar surface area (TPSA) is 66.0 Å². The molecule has 0 heterocycles. The normalized spacial score (nSPS) is 11.1. The summed E-state index contributed by atoms with van der Waals surface area (Å²) < 4.78 is 23.2. The molecule has 0 aromatic heterocycles. The molecule has 5 rings (SSSR count). The molecule has 0 aliphatic carbocycles. The predicted molar refractivity (Wildman–Crippen MR) is 181 cm³/mol. The third kappa shape index (κ3) is 7.95. The van der Waals surface area contributed by atoms with Crippen molar-refractivity contribution in [3.05, 3.63) is 161 Å². The number of nitrogens with one attached hydrogen (secondary N) is 1. The van der Waals surface area contributed by atoms with Crippen LogP contribution in [0.25, 0.3) is 0 Å². The average Bonchev–Trinajstić information content (AvgIpc) is 3.12. The number of hydrogen-bond acceptors (Lipinski definition) is 6. The molecule has 0 unspecified atom stereocenters. The van der Waals surface area contributed by atoms with E-state index >= 15 is 0 Å². The quantitative estimate of drug-likeness (QED) is 0.0688. The Morgan fingerprint density at radius 1 is 0.652 bits per heavy atom. The van der Waals surface area contributed by atoms with E-state index in [9.17, 15) is 4.79 Å². The minimum atomic E-state index is -0.642. The zero-order valence-corrected chi connectivity index (χ0v) is 26.5. The minimum Gasteiger partial charge on any atom is -0.496 e. The molecule has 6 heteroatoms. The van der Waals surface area contributed by atoms with Gasteiger partial charge in [-0.1, -0.05) is 121 Å². The molecule has 0 fully saturated rings. The maximum atomic E-state index is 12.2. The number of rotatable bonds is 16. The van der Waals surface area contributed by atoms with Gasteiger partial charge in [-0.2, -0.15) is 0 Å². The lowest BCUT2D eigenvalue weighted by Gasteiger charge is -2.37. The Labute approximate surface area is 271 Å². The van der Waals surface area contributed by atoms with E-state index in [-0.39, 0.29) is 5.97 Å². The number of hydrogen-bond donors (Lipinski definition) is 1. The van der Waals surface area contributed by atoms with Crippen LogP contribution in [0.4, 0.5) is 0 Å². The van der Waals surface area contributed by atoms with Gasteiger partial charge < -0.3 is 18.9 Å². The Bertz CT molecular complexity index is 1520. The van der Waals surface area contributed by atoms with Crippen molar-refractivity contribution in [2.45, 2.75) is 38.0 Å². The van der Waals surface area contributed by atoms with Crippen LogP contribution in [0, 0.1) is 0 Å². The molecule has 0 bridgehead atoms. The molecular weight excluding hydrogens is 574 g/mol. The first-order chi connectivity index (χ1) is 22.6. The number of carbonyl (C=O) groups excluding carboxylic acids is 1. The summed E-state index contributed by atoms with van der Waals surface area (Å²) in [5.41, 5.74) is 4.58. The van der Waals surface area contributed by atoms with E-state index in [1.54, 1.807) is 14.2 Å². The fraction of sp³-hybridized carbons (Fsp3) is 0.225. The summed E-state index contributed by atoms with van der Waals surface area (Å²) in [7, 11) is 3.31. The van der Waals surface area contributed by atoms with Crippen molar-refractivity contribution in [1.29, 1.82) is 0 Å². The van der Waals surface area contributed by atoms with Gasteiger partial charge >= 0.3 is 5.97 Å². The second kappa shape index (κ2) is 16.3. The minimum absolute atomic E-state index is 0.207. The second-order valence-electron chi connectivity index (χ2n) is 11.0. The first-order valence-corrected chi connectivity index (χ1v) is 15.6. The molecule has 46 heavy (non-hydrogen) atoms. The Kier molecular flexibility index (Phi) is 11.5. The molecule has 1 N–H and O–H groups in total. The Morgan fingerprint density at radius 3 is 1.61 bits per heavy atom. The molecule has 236 valence electrons. The van der Waals surface area contributed by atoms with Gasteiger partial charge in [0.05, 0.1) is 31.9 Å². The fourth-order valence-corrected chi connectivity index (χ4v) is 5.68. The molecule has 0 atom stereocenters. The molecule has 0 aliphatic rings. The highest BCUT2D eigenvalue weighted by atomic mass is 16.5. The van der Waals surface area contributed by atoms with Crippen LogP contribution in [-0.4, -0.2) is 26.8 Å². The summed E-state index contributed by atoms with van der Waals surface area (Å²) in [6, 6.07) is 44.9. The average molecular weight is 616 g/mol. The van der Waals surface area contributed by atoms with Crippen molar-refractivity contribution in [2.24, 2.45) is 0 Å². The van der Waals surface area contributed by atoms with E-state index in [1.165, 1.54) is 0 Å². The van der Waals surface area contributed by atoms with E-state index in [0.717, 1.165) is 27.8 Å². The van der Waals surface area contributed by atoms with Gasteiger partial charge in [-0.25, -0.2) is 0 Å². The summed E-state index contributed by atoms with van der Waals surface area (Å²) in [5, 5.41) is 3.91. The van der Waals surface area contributed by atoms with Gasteiger partial charge in [0, 0.05) is 25.1 Å². The van der Waals surface area contributed by atoms with Crippen LogP contribution < -0.4 is 19.5 Å². The van der Waals surface area contributed by atoms with Crippen LogP contribution in [0.3, 0.4) is 0 Å². The van der Waals surface area contributed by atoms with Gasteiger partial charge in [-0.15, -0.1) is 0 Å². The van der Waals surface area contributed by atoms with E-state index in [4.69, 9.17) is 18.9 Å². The molecule has 0 saturated heterocycles. The summed E-state index contributed by atoms with van der Waals surface area (Å²) in [6.07, 6.45) is 1.73. The Balaban J connectivity index is 1.29. The Hall–Kier alpha value is -5.07. The zero-order chi connectivity index (χ0) is 32.0. The van der Waals surface area contributed by atoms with E-state index in [2.05, 4.69) is 78.1 Å². The highest BCUT2D eigenvalue weighted by Gasteiger charge is 2.36. The largest absolute Gasteiger partial charge is 0.496 e. The van der Waals surface area contributed by atoms with Crippen molar-refractivity contribution < 1.29 is 23.7 Å². The SMILES string of the molecule is COc1cc(OCCCCC(=O)OCc2ccccc2)cc(OC)c1CNC(c1ccccc1)(c1ccccc1)c1ccccc1. The first kappa shape index (κ1) is 32.3. The van der Waals surface area contributed by atoms with Crippen LogP contribution in [0.2, 0.25) is 0 Å². The maximum absolute atomic E-state index is 12.2. The highest BCUT2D eigenvalue weighted by Crippen LogP contribution is 2.39. The van der Waals surface area contributed by atoms with Crippen molar-refractivity contribution in [1.82, 2.24) is 5.32 Å². The van der Waals surface area contributed by atoms with E-state index < -0.39 is 5.54 Å². The molecule has 6 nitrogen and oxygen atoms in total. The number of ether oxygens (including phenoxy) is 4. The molecule has 0 aliphatic heterocycles.